The summed E-state index contributed by atoms with van der Waals surface area (Å²) in [5.41, 5.74) is 0.580. The average molecular weight is 224 g/mol. The van der Waals surface area contributed by atoms with Crippen LogP contribution >= 0.6 is 0 Å². The van der Waals surface area contributed by atoms with Crippen LogP contribution in [0, 0.1) is 5.82 Å². The van der Waals surface area contributed by atoms with E-state index in [1.807, 2.05) is 0 Å². The Balaban J connectivity index is 1.92. The predicted octanol–water partition coefficient (Wildman–Crippen LogP) is 1.76. The molecule has 0 saturated heterocycles. The average Bonchev–Trinajstić information content (AvgIpc) is 2.97. The molecule has 4 heteroatoms. The highest BCUT2D eigenvalue weighted by Crippen LogP contribution is 2.40. The minimum absolute atomic E-state index is 0.211. The zero-order chi connectivity index (χ0) is 11.2. The monoisotopic (exact) mass is 224 g/mol. The Labute approximate surface area is 92.8 Å². The fraction of sp³-hybridized carbons (Fsp3) is 0.500. The summed E-state index contributed by atoms with van der Waals surface area (Å²) < 4.78 is 24.1. The third-order valence-electron chi connectivity index (χ3n) is 3.13. The molecule has 16 heavy (non-hydrogen) atoms. The first-order valence-electron chi connectivity index (χ1n) is 5.41. The van der Waals surface area contributed by atoms with Gasteiger partial charge >= 0.3 is 0 Å². The summed E-state index contributed by atoms with van der Waals surface area (Å²) in [6.07, 6.45) is 1.89. The fourth-order valence-electron chi connectivity index (χ4n) is 1.95. The van der Waals surface area contributed by atoms with E-state index in [-0.39, 0.29) is 12.6 Å². The van der Waals surface area contributed by atoms with E-state index in [4.69, 9.17) is 9.47 Å². The topological polar surface area (TPSA) is 38.7 Å². The van der Waals surface area contributed by atoms with E-state index in [0.717, 1.165) is 18.4 Å². The number of fused-ring (bicyclic) bond motifs is 1. The molecule has 0 spiro atoms. The summed E-state index contributed by atoms with van der Waals surface area (Å²) in [5.74, 6) is 0.389. The summed E-state index contributed by atoms with van der Waals surface area (Å²) in [6.45, 7) is 0.596. The van der Waals surface area contributed by atoms with Crippen molar-refractivity contribution in [1.82, 2.24) is 0 Å². The molecule has 0 radical (unpaired) electrons. The van der Waals surface area contributed by atoms with Crippen molar-refractivity contribution < 1.29 is 19.0 Å². The van der Waals surface area contributed by atoms with Crippen LogP contribution < -0.4 is 4.74 Å². The molecule has 1 N–H and O–H groups in total. The molecule has 1 fully saturated rings. The molecule has 1 aromatic carbocycles. The second kappa shape index (κ2) is 3.43. The molecule has 2 aliphatic rings. The first-order valence-corrected chi connectivity index (χ1v) is 5.41. The molecule has 1 saturated carbocycles. The maximum atomic E-state index is 13.7. The Kier molecular flexibility index (Phi) is 2.16. The van der Waals surface area contributed by atoms with E-state index >= 15 is 0 Å². The lowest BCUT2D eigenvalue weighted by molar-refractivity contribution is -0.0167. The Morgan fingerprint density at radius 2 is 2.19 bits per heavy atom. The lowest BCUT2D eigenvalue weighted by Gasteiger charge is -2.19. The molecule has 3 nitrogen and oxygen atoms in total. The van der Waals surface area contributed by atoms with Crippen molar-refractivity contribution in [2.24, 2.45) is 0 Å². The number of hydrogen-bond acceptors (Lipinski definition) is 3. The number of halogens is 1. The van der Waals surface area contributed by atoms with Crippen molar-refractivity contribution in [2.75, 3.05) is 6.79 Å². The lowest BCUT2D eigenvalue weighted by atomic mass is 10.0. The quantitative estimate of drug-likeness (QED) is 0.831. The molecular formula is C12H13FO3. The second-order valence-electron chi connectivity index (χ2n) is 4.56. The van der Waals surface area contributed by atoms with Gasteiger partial charge in [-0.2, -0.15) is 0 Å². The van der Waals surface area contributed by atoms with Gasteiger partial charge in [0.05, 0.1) is 12.2 Å². The molecule has 0 bridgehead atoms. The summed E-state index contributed by atoms with van der Waals surface area (Å²) in [4.78, 5) is 0. The molecule has 0 unspecified atom stereocenters. The van der Waals surface area contributed by atoms with Gasteiger partial charge < -0.3 is 14.6 Å². The minimum atomic E-state index is -0.680. The third-order valence-corrected chi connectivity index (χ3v) is 3.13. The maximum absolute atomic E-state index is 13.7. The van der Waals surface area contributed by atoms with E-state index in [2.05, 4.69) is 0 Å². The SMILES string of the molecule is OC1(Cc2cc3c(cc2F)COCO3)CC1. The highest BCUT2D eigenvalue weighted by Gasteiger charge is 2.41. The van der Waals surface area contributed by atoms with Crippen molar-refractivity contribution in [2.45, 2.75) is 31.5 Å². The molecular weight excluding hydrogens is 211 g/mol. The van der Waals surface area contributed by atoms with Crippen LogP contribution in [0.3, 0.4) is 0 Å². The van der Waals surface area contributed by atoms with Gasteiger partial charge in [-0.1, -0.05) is 0 Å². The van der Waals surface area contributed by atoms with Crippen LogP contribution in [0.15, 0.2) is 12.1 Å². The first kappa shape index (κ1) is 10.1. The van der Waals surface area contributed by atoms with Gasteiger partial charge in [-0.3, -0.25) is 0 Å². The number of hydrogen-bond donors (Lipinski definition) is 1. The molecule has 3 rings (SSSR count). The minimum Gasteiger partial charge on any atom is -0.467 e. The van der Waals surface area contributed by atoms with Gasteiger partial charge in [0.25, 0.3) is 0 Å². The van der Waals surface area contributed by atoms with Crippen LogP contribution in [0.1, 0.15) is 24.0 Å². The van der Waals surface area contributed by atoms with E-state index in [1.54, 1.807) is 6.07 Å². The van der Waals surface area contributed by atoms with Gasteiger partial charge in [0.2, 0.25) is 0 Å². The Bertz CT molecular complexity index is 427. The molecule has 0 amide bonds. The molecule has 0 atom stereocenters. The largest absolute Gasteiger partial charge is 0.467 e. The van der Waals surface area contributed by atoms with E-state index < -0.39 is 5.60 Å². The highest BCUT2D eigenvalue weighted by atomic mass is 19.1. The number of rotatable bonds is 2. The summed E-state index contributed by atoms with van der Waals surface area (Å²) in [6, 6.07) is 3.12. The van der Waals surface area contributed by atoms with E-state index in [9.17, 15) is 9.50 Å². The van der Waals surface area contributed by atoms with Crippen LogP contribution in [-0.4, -0.2) is 17.5 Å². The van der Waals surface area contributed by atoms with Gasteiger partial charge in [-0.15, -0.1) is 0 Å². The van der Waals surface area contributed by atoms with Crippen molar-refractivity contribution >= 4 is 0 Å². The normalized spacial score (nSPS) is 21.1. The number of benzene rings is 1. The standard InChI is InChI=1S/C12H13FO3/c13-10-3-9-6-15-7-16-11(9)4-8(10)5-12(14)1-2-12/h3-4,14H,1-2,5-7H2. The van der Waals surface area contributed by atoms with Crippen molar-refractivity contribution in [3.05, 3.63) is 29.1 Å². The third kappa shape index (κ3) is 1.79. The van der Waals surface area contributed by atoms with Crippen molar-refractivity contribution in [3.63, 3.8) is 0 Å². The predicted molar refractivity (Wildman–Crippen MR) is 54.6 cm³/mol. The Morgan fingerprint density at radius 1 is 1.38 bits per heavy atom. The van der Waals surface area contributed by atoms with Crippen molar-refractivity contribution in [1.29, 1.82) is 0 Å². The van der Waals surface area contributed by atoms with Gasteiger partial charge in [-0.25, -0.2) is 4.39 Å². The fourth-order valence-corrected chi connectivity index (χ4v) is 1.95. The number of aliphatic hydroxyl groups is 1. The van der Waals surface area contributed by atoms with Crippen LogP contribution in [0.2, 0.25) is 0 Å². The molecule has 1 aliphatic heterocycles. The molecule has 86 valence electrons. The molecule has 1 aliphatic carbocycles. The molecule has 0 aromatic heterocycles. The number of ether oxygens (including phenoxy) is 2. The summed E-state index contributed by atoms with van der Waals surface area (Å²) in [5, 5.41) is 9.78. The van der Waals surface area contributed by atoms with Crippen LogP contribution in [0.4, 0.5) is 4.39 Å². The van der Waals surface area contributed by atoms with Gasteiger partial charge in [-0.05, 0) is 30.5 Å². The highest BCUT2D eigenvalue weighted by molar-refractivity contribution is 5.39. The molecule has 1 aromatic rings. The second-order valence-corrected chi connectivity index (χ2v) is 4.56. The van der Waals surface area contributed by atoms with Crippen LogP contribution in [0.25, 0.3) is 0 Å². The molecule has 1 heterocycles. The van der Waals surface area contributed by atoms with E-state index in [1.165, 1.54) is 6.07 Å². The lowest BCUT2D eigenvalue weighted by Crippen LogP contribution is -2.15. The zero-order valence-electron chi connectivity index (χ0n) is 8.83. The zero-order valence-corrected chi connectivity index (χ0v) is 8.83. The van der Waals surface area contributed by atoms with Crippen molar-refractivity contribution in [3.8, 4) is 5.75 Å². The maximum Gasteiger partial charge on any atom is 0.189 e. The Morgan fingerprint density at radius 3 is 2.94 bits per heavy atom. The summed E-state index contributed by atoms with van der Waals surface area (Å²) in [7, 11) is 0. The van der Waals surface area contributed by atoms with Crippen LogP contribution in [-0.2, 0) is 17.8 Å². The first-order chi connectivity index (χ1) is 7.66. The summed E-state index contributed by atoms with van der Waals surface area (Å²) >= 11 is 0. The van der Waals surface area contributed by atoms with Gasteiger partial charge in [0.1, 0.15) is 11.6 Å². The Hall–Kier alpha value is -1.13. The van der Waals surface area contributed by atoms with E-state index in [0.29, 0.717) is 24.3 Å². The van der Waals surface area contributed by atoms with Gasteiger partial charge in [0.15, 0.2) is 6.79 Å². The smallest absolute Gasteiger partial charge is 0.189 e. The van der Waals surface area contributed by atoms with Gasteiger partial charge in [0, 0.05) is 12.0 Å². The van der Waals surface area contributed by atoms with Crippen LogP contribution in [0.5, 0.6) is 5.75 Å².